The van der Waals surface area contributed by atoms with Gasteiger partial charge in [-0.1, -0.05) is 106 Å². The van der Waals surface area contributed by atoms with Crippen molar-refractivity contribution >= 4 is 41.7 Å². The largest absolute Gasteiger partial charge is 0.304 e. The topological polar surface area (TPSA) is 51.2 Å². The summed E-state index contributed by atoms with van der Waals surface area (Å²) in [7, 11) is -0.744. The zero-order valence-electron chi connectivity index (χ0n) is 21.2. The number of aldehydes is 1. The van der Waals surface area contributed by atoms with Crippen molar-refractivity contribution in [3.05, 3.63) is 89.5 Å². The highest BCUT2D eigenvalue weighted by Gasteiger charge is 2.17. The number of aryl methyl sites for hydroxylation is 1. The van der Waals surface area contributed by atoms with Crippen LogP contribution in [0.4, 0.5) is 0 Å². The molecule has 33 heavy (non-hydrogen) atoms. The van der Waals surface area contributed by atoms with Gasteiger partial charge in [-0.3, -0.25) is 9.59 Å². The van der Waals surface area contributed by atoms with E-state index in [2.05, 4.69) is 31.2 Å². The van der Waals surface area contributed by atoms with Crippen LogP contribution < -0.4 is 15.9 Å². The molecule has 0 spiro atoms. The molecule has 0 heterocycles. The Kier molecular flexibility index (Phi) is 15.2. The minimum Gasteiger partial charge on any atom is -0.304 e. The van der Waals surface area contributed by atoms with Gasteiger partial charge < -0.3 is 4.79 Å². The van der Waals surface area contributed by atoms with Crippen LogP contribution in [0.25, 0.3) is 0 Å². The number of hydrogen-bond donors (Lipinski definition) is 0. The SMILES string of the molecule is CC.CC.CC(=O)c1ccc(P(c2ccc(C)cc2)c2ccc(C(C)=O)cc2)cc1.CC=O. The highest BCUT2D eigenvalue weighted by atomic mass is 31.1. The monoisotopic (exact) mass is 464 g/mol. The van der Waals surface area contributed by atoms with Crippen molar-refractivity contribution in [3.8, 4) is 0 Å². The predicted octanol–water partition coefficient (Wildman–Crippen LogP) is 6.42. The van der Waals surface area contributed by atoms with Crippen LogP contribution in [0.2, 0.25) is 0 Å². The second-order valence-electron chi connectivity index (χ2n) is 6.61. The van der Waals surface area contributed by atoms with E-state index in [1.165, 1.54) is 28.4 Å². The van der Waals surface area contributed by atoms with Crippen molar-refractivity contribution in [1.82, 2.24) is 0 Å². The molecule has 0 fully saturated rings. The summed E-state index contributed by atoms with van der Waals surface area (Å²) in [5.74, 6) is 0.143. The van der Waals surface area contributed by atoms with E-state index in [0.29, 0.717) is 0 Å². The van der Waals surface area contributed by atoms with Crippen LogP contribution in [0.1, 0.15) is 74.7 Å². The van der Waals surface area contributed by atoms with Crippen molar-refractivity contribution in [2.75, 3.05) is 0 Å². The molecule has 0 saturated heterocycles. The van der Waals surface area contributed by atoms with Crippen molar-refractivity contribution in [2.24, 2.45) is 0 Å². The van der Waals surface area contributed by atoms with Crippen molar-refractivity contribution in [1.29, 1.82) is 0 Å². The van der Waals surface area contributed by atoms with Crippen LogP contribution in [-0.4, -0.2) is 17.9 Å². The van der Waals surface area contributed by atoms with Gasteiger partial charge in [0.05, 0.1) is 0 Å². The lowest BCUT2D eigenvalue weighted by molar-refractivity contribution is -0.106. The molecule has 3 rings (SSSR count). The summed E-state index contributed by atoms with van der Waals surface area (Å²) in [5, 5.41) is 3.62. The minimum absolute atomic E-state index is 0.0713. The number of carbonyl (C=O) groups excluding carboxylic acids is 3. The average Bonchev–Trinajstić information content (AvgIpc) is 2.84. The average molecular weight is 465 g/mol. The molecule has 0 unspecified atom stereocenters. The normalized spacial score (nSPS) is 9.24. The van der Waals surface area contributed by atoms with Gasteiger partial charge in [0.2, 0.25) is 0 Å². The van der Waals surface area contributed by atoms with Gasteiger partial charge in [0, 0.05) is 11.1 Å². The first-order valence-corrected chi connectivity index (χ1v) is 12.7. The summed E-state index contributed by atoms with van der Waals surface area (Å²) in [6.07, 6.45) is 0.750. The maximum Gasteiger partial charge on any atom is 0.159 e. The molecule has 0 atom stereocenters. The third-order valence-corrected chi connectivity index (χ3v) is 6.80. The smallest absolute Gasteiger partial charge is 0.159 e. The lowest BCUT2D eigenvalue weighted by atomic mass is 10.1. The van der Waals surface area contributed by atoms with Crippen molar-refractivity contribution < 1.29 is 14.4 Å². The third kappa shape index (κ3) is 9.63. The van der Waals surface area contributed by atoms with Crippen LogP contribution in [0.3, 0.4) is 0 Å². The van der Waals surface area contributed by atoms with Gasteiger partial charge in [-0.25, -0.2) is 0 Å². The number of benzene rings is 3. The Labute approximate surface area is 201 Å². The number of hydrogen-bond acceptors (Lipinski definition) is 3. The molecule has 0 bridgehead atoms. The Morgan fingerprint density at radius 1 is 0.606 bits per heavy atom. The molecule has 0 amide bonds. The Hall–Kier alpha value is -2.90. The molecular weight excluding hydrogens is 427 g/mol. The number of ketones is 2. The lowest BCUT2D eigenvalue weighted by Gasteiger charge is -2.20. The van der Waals surface area contributed by atoms with Gasteiger partial charge in [-0.2, -0.15) is 0 Å². The molecular formula is C29H37O3P. The number of rotatable bonds is 5. The predicted molar refractivity (Wildman–Crippen MR) is 144 cm³/mol. The molecule has 3 nitrogen and oxygen atoms in total. The molecule has 0 N–H and O–H groups in total. The van der Waals surface area contributed by atoms with Gasteiger partial charge in [-0.05, 0) is 51.5 Å². The first-order valence-electron chi connectivity index (χ1n) is 11.4. The van der Waals surface area contributed by atoms with Gasteiger partial charge in [-0.15, -0.1) is 0 Å². The maximum atomic E-state index is 11.6. The molecule has 0 aliphatic carbocycles. The maximum absolute atomic E-state index is 11.6. The first-order chi connectivity index (χ1) is 15.9. The second kappa shape index (κ2) is 16.7. The van der Waals surface area contributed by atoms with Gasteiger partial charge in [0.1, 0.15) is 6.29 Å². The summed E-state index contributed by atoms with van der Waals surface area (Å²) < 4.78 is 0. The highest BCUT2D eigenvalue weighted by molar-refractivity contribution is 7.79. The number of Topliss-reactive ketones (excluding diaryl/α,β-unsaturated/α-hetero) is 2. The molecule has 0 aliphatic rings. The molecule has 0 aliphatic heterocycles. The summed E-state index contributed by atoms with van der Waals surface area (Å²) in [6, 6.07) is 24.3. The molecule has 0 saturated carbocycles. The van der Waals surface area contributed by atoms with Crippen LogP contribution in [0, 0.1) is 6.92 Å². The van der Waals surface area contributed by atoms with E-state index < -0.39 is 7.92 Å². The molecule has 0 aromatic heterocycles. The molecule has 3 aromatic carbocycles. The van der Waals surface area contributed by atoms with Gasteiger partial charge in [0.15, 0.2) is 11.6 Å². The van der Waals surface area contributed by atoms with Crippen LogP contribution in [-0.2, 0) is 4.79 Å². The van der Waals surface area contributed by atoms with Crippen molar-refractivity contribution in [2.45, 2.75) is 55.4 Å². The zero-order valence-corrected chi connectivity index (χ0v) is 22.1. The van der Waals surface area contributed by atoms with E-state index in [0.717, 1.165) is 17.4 Å². The fourth-order valence-corrected chi connectivity index (χ4v) is 5.07. The standard InChI is InChI=1S/C23H21O2P.C2H4O.2C2H6/c1-16-4-10-21(11-5-16)26(22-12-6-19(7-13-22)17(2)24)23-14-8-20(9-15-23)18(3)25;1-2-3;2*1-2/h4-15H,1-3H3;2H,1H3;2*1-2H3. The molecule has 176 valence electrons. The van der Waals surface area contributed by atoms with E-state index in [-0.39, 0.29) is 11.6 Å². The number of carbonyl (C=O) groups is 3. The van der Waals surface area contributed by atoms with E-state index in [9.17, 15) is 9.59 Å². The van der Waals surface area contributed by atoms with Gasteiger partial charge in [0.25, 0.3) is 0 Å². The Bertz CT molecular complexity index is 915. The summed E-state index contributed by atoms with van der Waals surface area (Å²) in [5.41, 5.74) is 2.67. The van der Waals surface area contributed by atoms with Crippen LogP contribution in [0.15, 0.2) is 72.8 Å². The van der Waals surface area contributed by atoms with Crippen molar-refractivity contribution in [3.63, 3.8) is 0 Å². The summed E-state index contributed by atoms with van der Waals surface area (Å²) in [6.45, 7) is 14.7. The molecule has 4 heteroatoms. The Morgan fingerprint density at radius 3 is 1.09 bits per heavy atom. The Morgan fingerprint density at radius 2 is 0.848 bits per heavy atom. The summed E-state index contributed by atoms with van der Waals surface area (Å²) in [4.78, 5) is 32.0. The fourth-order valence-electron chi connectivity index (χ4n) is 2.83. The van der Waals surface area contributed by atoms with E-state index in [1.807, 2.05) is 76.2 Å². The molecule has 3 aromatic rings. The van der Waals surface area contributed by atoms with Crippen LogP contribution in [0.5, 0.6) is 0 Å². The first kappa shape index (κ1) is 30.1. The lowest BCUT2D eigenvalue weighted by Crippen LogP contribution is -2.21. The quantitative estimate of drug-likeness (QED) is 0.249. The minimum atomic E-state index is -0.744. The second-order valence-corrected chi connectivity index (χ2v) is 8.83. The van der Waals surface area contributed by atoms with Crippen LogP contribution >= 0.6 is 7.92 Å². The summed E-state index contributed by atoms with van der Waals surface area (Å²) >= 11 is 0. The van der Waals surface area contributed by atoms with E-state index in [1.54, 1.807) is 13.8 Å². The molecule has 0 radical (unpaired) electrons. The van der Waals surface area contributed by atoms with E-state index >= 15 is 0 Å². The van der Waals surface area contributed by atoms with Gasteiger partial charge >= 0.3 is 0 Å². The highest BCUT2D eigenvalue weighted by Crippen LogP contribution is 2.33. The Balaban J connectivity index is 0.00000132. The van der Waals surface area contributed by atoms with E-state index in [4.69, 9.17) is 4.79 Å². The fraction of sp³-hybridized carbons (Fsp3) is 0.276. The zero-order chi connectivity index (χ0) is 25.4. The third-order valence-electron chi connectivity index (χ3n) is 4.36.